The maximum absolute atomic E-state index is 5.91. The Morgan fingerprint density at radius 2 is 1.77 bits per heavy atom. The summed E-state index contributed by atoms with van der Waals surface area (Å²) in [6.45, 7) is 6.73. The van der Waals surface area contributed by atoms with Gasteiger partial charge in [-0.15, -0.1) is 0 Å². The quantitative estimate of drug-likeness (QED) is 0.619. The zero-order valence-corrected chi connectivity index (χ0v) is 19.4. The minimum atomic E-state index is 0.524. The fourth-order valence-electron chi connectivity index (χ4n) is 4.38. The molecule has 0 aromatic heterocycles. The van der Waals surface area contributed by atoms with Gasteiger partial charge in [-0.25, -0.2) is 0 Å². The molecular weight excluding hydrogens is 394 g/mol. The van der Waals surface area contributed by atoms with Crippen molar-refractivity contribution in [1.29, 1.82) is 0 Å². The Bertz CT molecular complexity index is 611. The van der Waals surface area contributed by atoms with Crippen LogP contribution in [0.3, 0.4) is 0 Å². The average Bonchev–Trinajstić information content (AvgIpc) is 2.76. The van der Waals surface area contributed by atoms with Crippen molar-refractivity contribution < 1.29 is 9.47 Å². The van der Waals surface area contributed by atoms with Gasteiger partial charge < -0.3 is 19.7 Å². The molecule has 1 saturated carbocycles. The van der Waals surface area contributed by atoms with Gasteiger partial charge in [-0.1, -0.05) is 44.2 Å². The van der Waals surface area contributed by atoms with Gasteiger partial charge in [-0.3, -0.25) is 4.90 Å². The fraction of sp³-hybridized carbons (Fsp3) is 0.708. The van der Waals surface area contributed by atoms with Crippen molar-refractivity contribution in [3.05, 3.63) is 29.8 Å². The summed E-state index contributed by atoms with van der Waals surface area (Å²) in [6, 6.07) is 8.88. The van der Waals surface area contributed by atoms with Gasteiger partial charge in [-0.2, -0.15) is 0 Å². The second-order valence-electron chi connectivity index (χ2n) is 8.57. The van der Waals surface area contributed by atoms with Gasteiger partial charge in [0, 0.05) is 38.8 Å². The van der Waals surface area contributed by atoms with Crippen molar-refractivity contribution in [2.75, 3.05) is 46.5 Å². The van der Waals surface area contributed by atoms with Crippen molar-refractivity contribution in [3.63, 3.8) is 0 Å². The molecule has 0 spiro atoms. The lowest BCUT2D eigenvalue weighted by atomic mass is 9.97. The van der Waals surface area contributed by atoms with E-state index in [4.69, 9.17) is 21.7 Å². The minimum absolute atomic E-state index is 0.524. The molecule has 1 aromatic carbocycles. The Labute approximate surface area is 188 Å². The van der Waals surface area contributed by atoms with Gasteiger partial charge in [-0.05, 0) is 49.2 Å². The summed E-state index contributed by atoms with van der Waals surface area (Å²) in [5.74, 6) is 0.896. The zero-order chi connectivity index (χ0) is 21.0. The standard InChI is InChI=1S/C24H39N3O2S/c1-28-23-12-10-21(11-13-23)20-27(15-7-14-26-16-18-29-19-17-26)24(30)25-22-8-5-3-2-4-6-9-22/h10-13,22H,2-9,14-20H2,1H3,(H,25,30). The number of hydrogen-bond donors (Lipinski definition) is 1. The maximum atomic E-state index is 5.91. The van der Waals surface area contributed by atoms with Crippen LogP contribution in [0.5, 0.6) is 5.75 Å². The number of nitrogens with zero attached hydrogens (tertiary/aromatic N) is 2. The smallest absolute Gasteiger partial charge is 0.169 e. The Morgan fingerprint density at radius 3 is 2.43 bits per heavy atom. The normalized spacial score (nSPS) is 19.0. The highest BCUT2D eigenvalue weighted by atomic mass is 32.1. The van der Waals surface area contributed by atoms with E-state index in [0.29, 0.717) is 6.04 Å². The molecular formula is C24H39N3O2S. The van der Waals surface area contributed by atoms with Crippen LogP contribution in [0.2, 0.25) is 0 Å². The second kappa shape index (κ2) is 13.1. The van der Waals surface area contributed by atoms with E-state index in [1.807, 2.05) is 12.1 Å². The van der Waals surface area contributed by atoms with Crippen molar-refractivity contribution in [1.82, 2.24) is 15.1 Å². The Morgan fingerprint density at radius 1 is 1.10 bits per heavy atom. The molecule has 1 N–H and O–H groups in total. The number of hydrogen-bond acceptors (Lipinski definition) is 4. The van der Waals surface area contributed by atoms with Crippen LogP contribution in [0.1, 0.15) is 56.9 Å². The predicted octanol–water partition coefficient (Wildman–Crippen LogP) is 4.21. The Kier molecular flexibility index (Phi) is 10.2. The molecule has 1 aliphatic heterocycles. The number of morpholine rings is 1. The van der Waals surface area contributed by atoms with E-state index in [9.17, 15) is 0 Å². The molecule has 6 heteroatoms. The zero-order valence-electron chi connectivity index (χ0n) is 18.6. The molecule has 1 heterocycles. The van der Waals surface area contributed by atoms with Crippen LogP contribution in [0.4, 0.5) is 0 Å². The Balaban J connectivity index is 1.56. The van der Waals surface area contributed by atoms with Crippen LogP contribution in [-0.4, -0.2) is 67.5 Å². The predicted molar refractivity (Wildman–Crippen MR) is 127 cm³/mol. The second-order valence-corrected chi connectivity index (χ2v) is 8.96. The van der Waals surface area contributed by atoms with Crippen LogP contribution in [0, 0.1) is 0 Å². The molecule has 168 valence electrons. The van der Waals surface area contributed by atoms with Crippen LogP contribution >= 0.6 is 12.2 Å². The number of methoxy groups -OCH3 is 1. The molecule has 30 heavy (non-hydrogen) atoms. The number of nitrogens with one attached hydrogen (secondary N) is 1. The molecule has 0 atom stereocenters. The van der Waals surface area contributed by atoms with E-state index in [1.54, 1.807) is 7.11 Å². The third kappa shape index (κ3) is 8.05. The van der Waals surface area contributed by atoms with E-state index in [0.717, 1.165) is 63.2 Å². The molecule has 1 aliphatic carbocycles. The Hall–Kier alpha value is -1.37. The third-order valence-electron chi connectivity index (χ3n) is 6.26. The monoisotopic (exact) mass is 433 g/mol. The maximum Gasteiger partial charge on any atom is 0.169 e. The molecule has 2 fully saturated rings. The fourth-order valence-corrected chi connectivity index (χ4v) is 4.70. The van der Waals surface area contributed by atoms with E-state index < -0.39 is 0 Å². The van der Waals surface area contributed by atoms with Crippen LogP contribution in [0.25, 0.3) is 0 Å². The first-order chi connectivity index (χ1) is 14.7. The first-order valence-electron chi connectivity index (χ1n) is 11.7. The molecule has 0 amide bonds. The molecule has 0 unspecified atom stereocenters. The summed E-state index contributed by atoms with van der Waals surface area (Å²) in [4.78, 5) is 4.86. The van der Waals surface area contributed by atoms with Crippen LogP contribution in [-0.2, 0) is 11.3 Å². The SMILES string of the molecule is COc1ccc(CN(CCCN2CCOCC2)C(=S)NC2CCCCCCC2)cc1. The van der Waals surface area contributed by atoms with Crippen molar-refractivity contribution in [2.24, 2.45) is 0 Å². The summed E-state index contributed by atoms with van der Waals surface area (Å²) in [7, 11) is 1.71. The molecule has 0 bridgehead atoms. The largest absolute Gasteiger partial charge is 0.497 e. The molecule has 3 rings (SSSR count). The minimum Gasteiger partial charge on any atom is -0.497 e. The van der Waals surface area contributed by atoms with Crippen LogP contribution in [0.15, 0.2) is 24.3 Å². The number of thiocarbonyl (C=S) groups is 1. The van der Waals surface area contributed by atoms with Crippen molar-refractivity contribution in [3.8, 4) is 5.75 Å². The first kappa shape index (κ1) is 23.3. The van der Waals surface area contributed by atoms with E-state index in [-0.39, 0.29) is 0 Å². The van der Waals surface area contributed by atoms with Crippen molar-refractivity contribution in [2.45, 2.75) is 64.0 Å². The lowest BCUT2D eigenvalue weighted by molar-refractivity contribution is 0.0367. The summed E-state index contributed by atoms with van der Waals surface area (Å²) in [5, 5.41) is 4.63. The van der Waals surface area contributed by atoms with E-state index in [1.165, 1.54) is 50.5 Å². The van der Waals surface area contributed by atoms with Gasteiger partial charge in [0.1, 0.15) is 5.75 Å². The summed E-state index contributed by atoms with van der Waals surface area (Å²) in [6.07, 6.45) is 10.3. The van der Waals surface area contributed by atoms with Gasteiger partial charge in [0.05, 0.1) is 20.3 Å². The highest BCUT2D eigenvalue weighted by Gasteiger charge is 2.17. The molecule has 2 aliphatic rings. The lowest BCUT2D eigenvalue weighted by Crippen LogP contribution is -2.45. The highest BCUT2D eigenvalue weighted by Crippen LogP contribution is 2.18. The summed E-state index contributed by atoms with van der Waals surface area (Å²) in [5.41, 5.74) is 1.27. The topological polar surface area (TPSA) is 37.0 Å². The van der Waals surface area contributed by atoms with Crippen LogP contribution < -0.4 is 10.1 Å². The molecule has 1 saturated heterocycles. The van der Waals surface area contributed by atoms with Gasteiger partial charge in [0.15, 0.2) is 5.11 Å². The molecule has 1 aromatic rings. The number of benzene rings is 1. The molecule has 0 radical (unpaired) electrons. The summed E-state index contributed by atoms with van der Waals surface area (Å²) >= 11 is 5.91. The molecule has 5 nitrogen and oxygen atoms in total. The van der Waals surface area contributed by atoms with Gasteiger partial charge in [0.25, 0.3) is 0 Å². The van der Waals surface area contributed by atoms with Gasteiger partial charge >= 0.3 is 0 Å². The first-order valence-corrected chi connectivity index (χ1v) is 12.1. The van der Waals surface area contributed by atoms with Gasteiger partial charge in [0.2, 0.25) is 0 Å². The number of ether oxygens (including phenoxy) is 2. The van der Waals surface area contributed by atoms with E-state index in [2.05, 4.69) is 27.2 Å². The lowest BCUT2D eigenvalue weighted by Gasteiger charge is -2.32. The highest BCUT2D eigenvalue weighted by molar-refractivity contribution is 7.80. The number of rotatable bonds is 8. The third-order valence-corrected chi connectivity index (χ3v) is 6.63. The van der Waals surface area contributed by atoms with Crippen molar-refractivity contribution >= 4 is 17.3 Å². The average molecular weight is 434 g/mol. The summed E-state index contributed by atoms with van der Waals surface area (Å²) < 4.78 is 10.8. The van der Waals surface area contributed by atoms with E-state index >= 15 is 0 Å².